The molecule has 2 aromatic carbocycles. The number of hydrogen-bond acceptors (Lipinski definition) is 6. The first-order valence-electron chi connectivity index (χ1n) is 8.87. The lowest BCUT2D eigenvalue weighted by Gasteiger charge is -2.18. The molecule has 1 amide bonds. The number of carbonyl (C=O) groups is 1. The van der Waals surface area contributed by atoms with Crippen molar-refractivity contribution in [2.75, 3.05) is 14.2 Å². The number of aromatic nitrogens is 4. The first kappa shape index (κ1) is 19.3. The van der Waals surface area contributed by atoms with E-state index in [9.17, 15) is 4.79 Å². The smallest absolute Gasteiger partial charge is 0.244 e. The van der Waals surface area contributed by atoms with Crippen molar-refractivity contribution in [1.29, 1.82) is 0 Å². The van der Waals surface area contributed by atoms with Crippen molar-refractivity contribution in [3.8, 4) is 22.9 Å². The molecule has 3 aromatic rings. The summed E-state index contributed by atoms with van der Waals surface area (Å²) >= 11 is 0. The van der Waals surface area contributed by atoms with Crippen LogP contribution < -0.4 is 14.8 Å². The van der Waals surface area contributed by atoms with Gasteiger partial charge >= 0.3 is 0 Å². The van der Waals surface area contributed by atoms with Gasteiger partial charge in [-0.25, -0.2) is 0 Å². The lowest BCUT2D eigenvalue weighted by molar-refractivity contribution is -0.122. The van der Waals surface area contributed by atoms with Gasteiger partial charge in [0, 0.05) is 11.1 Å². The third kappa shape index (κ3) is 4.28. The van der Waals surface area contributed by atoms with E-state index in [1.54, 1.807) is 14.2 Å². The maximum Gasteiger partial charge on any atom is 0.244 e. The van der Waals surface area contributed by atoms with Crippen LogP contribution in [0.4, 0.5) is 0 Å². The number of hydrogen-bond donors (Lipinski definition) is 1. The number of ether oxygens (including phenoxy) is 2. The van der Waals surface area contributed by atoms with Gasteiger partial charge < -0.3 is 14.8 Å². The van der Waals surface area contributed by atoms with Crippen molar-refractivity contribution in [2.45, 2.75) is 26.4 Å². The van der Waals surface area contributed by atoms with Crippen molar-refractivity contribution >= 4 is 5.91 Å². The Hall–Kier alpha value is -3.42. The quantitative estimate of drug-likeness (QED) is 0.676. The number of tetrazole rings is 1. The van der Waals surface area contributed by atoms with Crippen molar-refractivity contribution in [1.82, 2.24) is 25.5 Å². The highest BCUT2D eigenvalue weighted by molar-refractivity contribution is 5.76. The van der Waals surface area contributed by atoms with Gasteiger partial charge in [-0.3, -0.25) is 4.79 Å². The molecule has 0 unspecified atom stereocenters. The summed E-state index contributed by atoms with van der Waals surface area (Å²) in [6.45, 7) is 3.82. The SMILES string of the molecule is COc1ccc(OC)c([C@H](C)NC(=O)Cn2nnc(-c3ccccc3C)n2)c1. The minimum atomic E-state index is -0.281. The van der Waals surface area contributed by atoms with Gasteiger partial charge in [0.2, 0.25) is 11.7 Å². The minimum Gasteiger partial charge on any atom is -0.497 e. The molecule has 1 aromatic heterocycles. The normalized spacial score (nSPS) is 11.7. The largest absolute Gasteiger partial charge is 0.497 e. The second-order valence-corrected chi connectivity index (χ2v) is 6.36. The zero-order valence-corrected chi connectivity index (χ0v) is 16.3. The summed E-state index contributed by atoms with van der Waals surface area (Å²) < 4.78 is 10.6. The Morgan fingerprint density at radius 1 is 1.18 bits per heavy atom. The Labute approximate surface area is 163 Å². The van der Waals surface area contributed by atoms with E-state index in [1.165, 1.54) is 4.80 Å². The summed E-state index contributed by atoms with van der Waals surface area (Å²) in [4.78, 5) is 13.7. The van der Waals surface area contributed by atoms with Gasteiger partial charge in [0.05, 0.1) is 20.3 Å². The molecule has 0 saturated heterocycles. The van der Waals surface area contributed by atoms with Crippen LogP contribution in [0, 0.1) is 6.92 Å². The first-order chi connectivity index (χ1) is 13.5. The number of aryl methyl sites for hydroxylation is 1. The first-order valence-corrected chi connectivity index (χ1v) is 8.87. The van der Waals surface area contributed by atoms with Crippen molar-refractivity contribution < 1.29 is 14.3 Å². The zero-order chi connectivity index (χ0) is 20.1. The molecule has 28 heavy (non-hydrogen) atoms. The standard InChI is InChI=1S/C20H23N5O3/c1-13-7-5-6-8-16(13)20-22-24-25(23-20)12-19(26)21-14(2)17-11-15(27-3)9-10-18(17)28-4/h5-11,14H,12H2,1-4H3,(H,21,26)/t14-/m0/s1. The van der Waals surface area contributed by atoms with Crippen LogP contribution >= 0.6 is 0 Å². The molecule has 0 aliphatic rings. The van der Waals surface area contributed by atoms with E-state index in [0.717, 1.165) is 16.7 Å². The molecule has 8 nitrogen and oxygen atoms in total. The molecule has 0 spiro atoms. The van der Waals surface area contributed by atoms with E-state index < -0.39 is 0 Å². The average Bonchev–Trinajstić information content (AvgIpc) is 3.15. The molecule has 0 aliphatic heterocycles. The van der Waals surface area contributed by atoms with Crippen LogP contribution in [0.1, 0.15) is 24.1 Å². The van der Waals surface area contributed by atoms with Crippen molar-refractivity contribution in [3.05, 3.63) is 53.6 Å². The number of benzene rings is 2. The molecular formula is C20H23N5O3. The highest BCUT2D eigenvalue weighted by atomic mass is 16.5. The Bertz CT molecular complexity index is 970. The van der Waals surface area contributed by atoms with Crippen LogP contribution in [0.15, 0.2) is 42.5 Å². The van der Waals surface area contributed by atoms with Crippen LogP contribution in [0.5, 0.6) is 11.5 Å². The molecule has 1 N–H and O–H groups in total. The van der Waals surface area contributed by atoms with Crippen molar-refractivity contribution in [3.63, 3.8) is 0 Å². The van der Waals surface area contributed by atoms with Gasteiger partial charge in [-0.15, -0.1) is 10.2 Å². The number of methoxy groups -OCH3 is 2. The third-order valence-corrected chi connectivity index (χ3v) is 4.40. The number of amides is 1. The highest BCUT2D eigenvalue weighted by Gasteiger charge is 2.17. The molecule has 0 bridgehead atoms. The Morgan fingerprint density at radius 3 is 2.68 bits per heavy atom. The van der Waals surface area contributed by atoms with Gasteiger partial charge in [-0.2, -0.15) is 4.80 Å². The van der Waals surface area contributed by atoms with Crippen LogP contribution in [-0.2, 0) is 11.3 Å². The molecule has 0 saturated carbocycles. The summed E-state index contributed by atoms with van der Waals surface area (Å²) in [7, 11) is 3.18. The lowest BCUT2D eigenvalue weighted by atomic mass is 10.1. The Morgan fingerprint density at radius 2 is 1.96 bits per heavy atom. The van der Waals surface area contributed by atoms with E-state index >= 15 is 0 Å². The number of nitrogens with zero attached hydrogens (tertiary/aromatic N) is 4. The molecule has 8 heteroatoms. The highest BCUT2D eigenvalue weighted by Crippen LogP contribution is 2.29. The summed E-state index contributed by atoms with van der Waals surface area (Å²) in [6, 6.07) is 12.9. The fourth-order valence-corrected chi connectivity index (χ4v) is 2.91. The maximum absolute atomic E-state index is 12.5. The number of rotatable bonds is 7. The summed E-state index contributed by atoms with van der Waals surface area (Å²) in [5.74, 6) is 1.63. The maximum atomic E-state index is 12.5. The van der Waals surface area contributed by atoms with E-state index in [0.29, 0.717) is 17.3 Å². The van der Waals surface area contributed by atoms with Crippen LogP contribution in [0.3, 0.4) is 0 Å². The third-order valence-electron chi connectivity index (χ3n) is 4.40. The van der Waals surface area contributed by atoms with Gasteiger partial charge in [0.1, 0.15) is 18.0 Å². The van der Waals surface area contributed by atoms with E-state index in [4.69, 9.17) is 9.47 Å². The summed E-state index contributed by atoms with van der Waals surface area (Å²) in [5.41, 5.74) is 2.76. The summed E-state index contributed by atoms with van der Waals surface area (Å²) in [5, 5.41) is 15.3. The Kier molecular flexibility index (Phi) is 5.88. The minimum absolute atomic E-state index is 0.0322. The van der Waals surface area contributed by atoms with Gasteiger partial charge in [-0.1, -0.05) is 24.3 Å². The molecule has 1 heterocycles. The number of nitrogens with one attached hydrogen (secondary N) is 1. The fraction of sp³-hybridized carbons (Fsp3) is 0.300. The van der Waals surface area contributed by atoms with Gasteiger partial charge in [-0.05, 0) is 42.8 Å². The molecule has 3 rings (SSSR count). The topological polar surface area (TPSA) is 91.2 Å². The van der Waals surface area contributed by atoms with E-state index in [1.807, 2.05) is 56.3 Å². The molecule has 0 aliphatic carbocycles. The molecule has 146 valence electrons. The van der Waals surface area contributed by atoms with E-state index in [2.05, 4.69) is 20.7 Å². The molecule has 0 radical (unpaired) electrons. The van der Waals surface area contributed by atoms with Crippen LogP contribution in [0.2, 0.25) is 0 Å². The average molecular weight is 381 g/mol. The lowest BCUT2D eigenvalue weighted by Crippen LogP contribution is -2.31. The second-order valence-electron chi connectivity index (χ2n) is 6.36. The van der Waals surface area contributed by atoms with E-state index in [-0.39, 0.29) is 18.5 Å². The monoisotopic (exact) mass is 381 g/mol. The summed E-state index contributed by atoms with van der Waals surface area (Å²) in [6.07, 6.45) is 0. The predicted molar refractivity (Wildman–Crippen MR) is 104 cm³/mol. The molecule has 1 atom stereocenters. The van der Waals surface area contributed by atoms with Gasteiger partial charge in [0.15, 0.2) is 0 Å². The predicted octanol–water partition coefficient (Wildman–Crippen LogP) is 2.54. The second kappa shape index (κ2) is 8.51. The fourth-order valence-electron chi connectivity index (χ4n) is 2.91. The zero-order valence-electron chi connectivity index (χ0n) is 16.3. The molecule has 0 fully saturated rings. The van der Waals surface area contributed by atoms with Crippen LogP contribution in [-0.4, -0.2) is 40.3 Å². The van der Waals surface area contributed by atoms with Crippen molar-refractivity contribution in [2.24, 2.45) is 0 Å². The number of carbonyl (C=O) groups excluding carboxylic acids is 1. The molecular weight excluding hydrogens is 358 g/mol. The Balaban J connectivity index is 1.69. The van der Waals surface area contributed by atoms with Crippen LogP contribution in [0.25, 0.3) is 11.4 Å². The van der Waals surface area contributed by atoms with Gasteiger partial charge in [0.25, 0.3) is 0 Å².